The molecule has 3 aromatic carbocycles. The van der Waals surface area contributed by atoms with E-state index >= 15 is 0 Å². The molecule has 5 heteroatoms. The molecule has 0 radical (unpaired) electrons. The normalized spacial score (nSPS) is 10.2. The fourth-order valence-electron chi connectivity index (χ4n) is 2.94. The molecule has 5 nitrogen and oxygen atoms in total. The quantitative estimate of drug-likeness (QED) is 0.577. The first-order chi connectivity index (χ1) is 14.2. The molecule has 0 unspecified atom stereocenters. The highest BCUT2D eigenvalue weighted by atomic mass is 16.5. The van der Waals surface area contributed by atoms with Crippen LogP contribution in [0.1, 0.15) is 28.4 Å². The minimum Gasteiger partial charge on any atom is -0.492 e. The molecule has 0 aliphatic heterocycles. The van der Waals surface area contributed by atoms with Crippen LogP contribution in [-0.4, -0.2) is 25.1 Å². The lowest BCUT2D eigenvalue weighted by Crippen LogP contribution is -2.21. The zero-order valence-corrected chi connectivity index (χ0v) is 16.3. The summed E-state index contributed by atoms with van der Waals surface area (Å²) in [5.74, 6) is -0.376. The van der Waals surface area contributed by atoms with Crippen LogP contribution in [0.4, 0.5) is 5.69 Å². The maximum atomic E-state index is 12.6. The van der Waals surface area contributed by atoms with Gasteiger partial charge >= 0.3 is 5.97 Å². The first-order valence-corrected chi connectivity index (χ1v) is 9.48. The number of hydrogen-bond donors (Lipinski definition) is 1. The second-order valence-electron chi connectivity index (χ2n) is 6.37. The molecule has 148 valence electrons. The Kier molecular flexibility index (Phi) is 7.00. The van der Waals surface area contributed by atoms with E-state index in [9.17, 15) is 9.59 Å². The fraction of sp³-hybridized carbons (Fsp3) is 0.167. The van der Waals surface area contributed by atoms with Crippen molar-refractivity contribution in [2.24, 2.45) is 0 Å². The molecule has 0 heterocycles. The van der Waals surface area contributed by atoms with Gasteiger partial charge in [0.1, 0.15) is 5.75 Å². The van der Waals surface area contributed by atoms with E-state index in [1.807, 2.05) is 55.5 Å². The second-order valence-corrected chi connectivity index (χ2v) is 6.37. The summed E-state index contributed by atoms with van der Waals surface area (Å²) >= 11 is 0. The molecule has 1 N–H and O–H groups in total. The van der Waals surface area contributed by atoms with E-state index in [-0.39, 0.29) is 6.61 Å². The summed E-state index contributed by atoms with van der Waals surface area (Å²) in [4.78, 5) is 24.8. The molecule has 1 amide bonds. The van der Waals surface area contributed by atoms with E-state index < -0.39 is 11.9 Å². The SMILES string of the molecule is CCOc1ccccc1NC(=O)COC(=O)c1ccccc1Cc1ccccc1. The molecule has 3 aromatic rings. The molecule has 0 fully saturated rings. The highest BCUT2D eigenvalue weighted by molar-refractivity contribution is 5.96. The van der Waals surface area contributed by atoms with Gasteiger partial charge in [0.2, 0.25) is 0 Å². The lowest BCUT2D eigenvalue weighted by atomic mass is 10.00. The van der Waals surface area contributed by atoms with Crippen LogP contribution in [0.15, 0.2) is 78.9 Å². The van der Waals surface area contributed by atoms with E-state index in [4.69, 9.17) is 9.47 Å². The largest absolute Gasteiger partial charge is 0.492 e. The third kappa shape index (κ3) is 5.69. The molecule has 3 rings (SSSR count). The Bertz CT molecular complexity index is 969. The van der Waals surface area contributed by atoms with Gasteiger partial charge in [0.25, 0.3) is 5.91 Å². The zero-order valence-electron chi connectivity index (χ0n) is 16.3. The van der Waals surface area contributed by atoms with Gasteiger partial charge in [-0.3, -0.25) is 4.79 Å². The standard InChI is InChI=1S/C24H23NO4/c1-2-28-22-15-9-8-14-21(22)25-23(26)17-29-24(27)20-13-7-6-12-19(20)16-18-10-4-3-5-11-18/h3-15H,2,16-17H2,1H3,(H,25,26). The predicted octanol–water partition coefficient (Wildman–Crippen LogP) is 4.47. The van der Waals surface area contributed by atoms with Crippen molar-refractivity contribution in [3.63, 3.8) is 0 Å². The molecule has 0 aromatic heterocycles. The summed E-state index contributed by atoms with van der Waals surface area (Å²) in [5.41, 5.74) is 2.95. The Hall–Kier alpha value is -3.60. The summed E-state index contributed by atoms with van der Waals surface area (Å²) in [6.07, 6.45) is 0.611. The molecule has 0 bridgehead atoms. The molecular weight excluding hydrogens is 366 g/mol. The number of anilines is 1. The van der Waals surface area contributed by atoms with Crippen molar-refractivity contribution in [1.29, 1.82) is 0 Å². The fourth-order valence-corrected chi connectivity index (χ4v) is 2.94. The smallest absolute Gasteiger partial charge is 0.338 e. The van der Waals surface area contributed by atoms with Crippen molar-refractivity contribution in [1.82, 2.24) is 0 Å². The summed E-state index contributed by atoms with van der Waals surface area (Å²) in [7, 11) is 0. The van der Waals surface area contributed by atoms with Crippen molar-refractivity contribution >= 4 is 17.6 Å². The van der Waals surface area contributed by atoms with E-state index in [0.717, 1.165) is 11.1 Å². The Morgan fingerprint density at radius 3 is 2.34 bits per heavy atom. The molecule has 0 spiro atoms. The third-order valence-electron chi connectivity index (χ3n) is 4.27. The molecule has 0 saturated carbocycles. The van der Waals surface area contributed by atoms with Crippen molar-refractivity contribution in [2.75, 3.05) is 18.5 Å². The topological polar surface area (TPSA) is 64.6 Å². The van der Waals surface area contributed by atoms with Gasteiger partial charge in [-0.25, -0.2) is 4.79 Å². The van der Waals surface area contributed by atoms with E-state index in [1.54, 1.807) is 30.3 Å². The van der Waals surface area contributed by atoms with Gasteiger partial charge in [-0.05, 0) is 42.7 Å². The Labute approximate surface area is 170 Å². The summed E-state index contributed by atoms with van der Waals surface area (Å²) in [5, 5.41) is 2.72. The average Bonchev–Trinajstić information content (AvgIpc) is 2.75. The van der Waals surface area contributed by atoms with E-state index in [2.05, 4.69) is 5.32 Å². The number of carbonyl (C=O) groups is 2. The average molecular weight is 389 g/mol. The van der Waals surface area contributed by atoms with Gasteiger partial charge in [-0.1, -0.05) is 60.7 Å². The zero-order chi connectivity index (χ0) is 20.5. The minimum atomic E-state index is -0.523. The van der Waals surface area contributed by atoms with Gasteiger partial charge in [0.15, 0.2) is 6.61 Å². The predicted molar refractivity (Wildman–Crippen MR) is 112 cm³/mol. The van der Waals surface area contributed by atoms with Gasteiger partial charge < -0.3 is 14.8 Å². The number of amides is 1. The number of carbonyl (C=O) groups excluding carboxylic acids is 2. The van der Waals surface area contributed by atoms with Gasteiger partial charge in [-0.15, -0.1) is 0 Å². The Morgan fingerprint density at radius 1 is 0.862 bits per heavy atom. The van der Waals surface area contributed by atoms with Crippen molar-refractivity contribution < 1.29 is 19.1 Å². The number of benzene rings is 3. The first-order valence-electron chi connectivity index (χ1n) is 9.48. The van der Waals surface area contributed by atoms with Crippen LogP contribution in [0.25, 0.3) is 0 Å². The van der Waals surface area contributed by atoms with Crippen molar-refractivity contribution in [3.8, 4) is 5.75 Å². The van der Waals surface area contributed by atoms with Crippen LogP contribution < -0.4 is 10.1 Å². The van der Waals surface area contributed by atoms with Gasteiger partial charge in [-0.2, -0.15) is 0 Å². The molecule has 0 aliphatic carbocycles. The molecular formula is C24H23NO4. The number of nitrogens with one attached hydrogen (secondary N) is 1. The molecule has 0 aliphatic rings. The molecule has 0 saturated heterocycles. The van der Waals surface area contributed by atoms with E-state index in [1.165, 1.54) is 0 Å². The van der Waals surface area contributed by atoms with Crippen LogP contribution in [-0.2, 0) is 16.0 Å². The van der Waals surface area contributed by atoms with Crippen LogP contribution in [0.2, 0.25) is 0 Å². The number of hydrogen-bond acceptors (Lipinski definition) is 4. The molecule has 29 heavy (non-hydrogen) atoms. The highest BCUT2D eigenvalue weighted by Gasteiger charge is 2.15. The Morgan fingerprint density at radius 2 is 1.55 bits per heavy atom. The lowest BCUT2D eigenvalue weighted by Gasteiger charge is -2.12. The van der Waals surface area contributed by atoms with Gasteiger partial charge in [0.05, 0.1) is 17.9 Å². The van der Waals surface area contributed by atoms with Crippen LogP contribution >= 0.6 is 0 Å². The summed E-state index contributed by atoms with van der Waals surface area (Å²) in [6.45, 7) is 1.98. The summed E-state index contributed by atoms with van der Waals surface area (Å²) in [6, 6.07) is 24.3. The highest BCUT2D eigenvalue weighted by Crippen LogP contribution is 2.23. The number of para-hydroxylation sites is 2. The van der Waals surface area contributed by atoms with E-state index in [0.29, 0.717) is 30.0 Å². The summed E-state index contributed by atoms with van der Waals surface area (Å²) < 4.78 is 10.7. The van der Waals surface area contributed by atoms with Gasteiger partial charge in [0, 0.05) is 0 Å². The second kappa shape index (κ2) is 10.1. The van der Waals surface area contributed by atoms with Crippen LogP contribution in [0.3, 0.4) is 0 Å². The number of rotatable bonds is 8. The maximum absolute atomic E-state index is 12.6. The Balaban J connectivity index is 1.62. The number of ether oxygens (including phenoxy) is 2. The third-order valence-corrected chi connectivity index (χ3v) is 4.27. The van der Waals surface area contributed by atoms with Crippen molar-refractivity contribution in [3.05, 3.63) is 95.6 Å². The van der Waals surface area contributed by atoms with Crippen LogP contribution in [0, 0.1) is 0 Å². The maximum Gasteiger partial charge on any atom is 0.338 e. The minimum absolute atomic E-state index is 0.376. The molecule has 0 atom stereocenters. The van der Waals surface area contributed by atoms with Crippen LogP contribution in [0.5, 0.6) is 5.75 Å². The monoisotopic (exact) mass is 389 g/mol. The lowest BCUT2D eigenvalue weighted by molar-refractivity contribution is -0.119. The number of esters is 1. The van der Waals surface area contributed by atoms with Crippen molar-refractivity contribution in [2.45, 2.75) is 13.3 Å². The first kappa shape index (κ1) is 20.1.